The maximum atomic E-state index is 11.4. The molecule has 0 aliphatic carbocycles. The molecule has 1 saturated heterocycles. The van der Waals surface area contributed by atoms with Gasteiger partial charge >= 0.3 is 11.9 Å². The van der Waals surface area contributed by atoms with Gasteiger partial charge in [-0.15, -0.1) is 0 Å². The van der Waals surface area contributed by atoms with Gasteiger partial charge in [-0.25, -0.2) is 15.0 Å². The lowest BCUT2D eigenvalue weighted by molar-refractivity contribution is -0.148. The van der Waals surface area contributed by atoms with Gasteiger partial charge in [-0.05, 0) is 0 Å². The lowest BCUT2D eigenvalue weighted by Gasteiger charge is -2.17. The molecule has 146 valence electrons. The Hall–Kier alpha value is -2.40. The van der Waals surface area contributed by atoms with Gasteiger partial charge in [0.1, 0.15) is 36.9 Å². The predicted molar refractivity (Wildman–Crippen MR) is 97.8 cm³/mol. The van der Waals surface area contributed by atoms with Crippen LogP contribution in [0, 0.1) is 0 Å². The van der Waals surface area contributed by atoms with Gasteiger partial charge in [0, 0.05) is 31.8 Å². The van der Waals surface area contributed by atoms with Crippen molar-refractivity contribution < 1.29 is 23.8 Å². The van der Waals surface area contributed by atoms with Gasteiger partial charge in [0.2, 0.25) is 0 Å². The molecule has 0 radical (unpaired) electrons. The molecule has 1 fully saturated rings. The van der Waals surface area contributed by atoms with Crippen molar-refractivity contribution in [3.05, 3.63) is 12.7 Å². The zero-order valence-electron chi connectivity index (χ0n) is 15.0. The van der Waals surface area contributed by atoms with Crippen molar-refractivity contribution in [2.45, 2.75) is 38.7 Å². The van der Waals surface area contributed by atoms with Crippen LogP contribution in [0.5, 0.6) is 0 Å². The Labute approximate surface area is 159 Å². The van der Waals surface area contributed by atoms with Gasteiger partial charge in [0.25, 0.3) is 0 Å². The quantitative estimate of drug-likeness (QED) is 0.533. The number of anilines is 1. The van der Waals surface area contributed by atoms with E-state index in [-0.39, 0.29) is 30.4 Å². The number of rotatable bonds is 7. The molecule has 10 nitrogen and oxygen atoms in total. The van der Waals surface area contributed by atoms with Gasteiger partial charge < -0.3 is 19.9 Å². The Morgan fingerprint density at radius 1 is 1.33 bits per heavy atom. The average molecular weight is 395 g/mol. The highest BCUT2D eigenvalue weighted by atomic mass is 32.2. The van der Waals surface area contributed by atoms with E-state index in [2.05, 4.69) is 15.0 Å². The fraction of sp³-hybridized carbons (Fsp3) is 0.562. The minimum absolute atomic E-state index is 0.294. The Bertz CT molecular complexity index is 829. The number of esters is 2. The number of imidazole rings is 1. The largest absolute Gasteiger partial charge is 0.465 e. The van der Waals surface area contributed by atoms with E-state index in [9.17, 15) is 9.59 Å². The molecular formula is C16H21N5O5S. The molecule has 0 aromatic carbocycles. The lowest BCUT2D eigenvalue weighted by atomic mass is 10.2. The van der Waals surface area contributed by atoms with Crippen LogP contribution in [0.15, 0.2) is 12.7 Å². The number of ether oxygens (including phenoxy) is 3. The summed E-state index contributed by atoms with van der Waals surface area (Å²) in [5.41, 5.74) is 6.90. The first-order valence-corrected chi connectivity index (χ1v) is 9.58. The summed E-state index contributed by atoms with van der Waals surface area (Å²) in [6.45, 7) is 3.08. The zero-order chi connectivity index (χ0) is 19.4. The molecule has 0 saturated carbocycles. The number of carbonyl (C=O) groups is 2. The summed E-state index contributed by atoms with van der Waals surface area (Å²) in [6, 6.07) is 0. The fourth-order valence-electron chi connectivity index (χ4n) is 2.88. The average Bonchev–Trinajstić information content (AvgIpc) is 3.19. The minimum Gasteiger partial charge on any atom is -0.465 e. The maximum absolute atomic E-state index is 11.4. The summed E-state index contributed by atoms with van der Waals surface area (Å²) in [7, 11) is 0. The first-order chi connectivity index (χ1) is 13.0. The van der Waals surface area contributed by atoms with Gasteiger partial charge in [0.15, 0.2) is 11.5 Å². The van der Waals surface area contributed by atoms with Crippen molar-refractivity contribution in [1.29, 1.82) is 0 Å². The molecular weight excluding hydrogens is 374 g/mol. The number of thioether (sulfide) groups is 1. The maximum Gasteiger partial charge on any atom is 0.302 e. The molecule has 1 aliphatic rings. The summed E-state index contributed by atoms with van der Waals surface area (Å²) in [5, 5.41) is 0. The number of nitrogens with zero attached hydrogens (tertiary/aromatic N) is 4. The predicted octanol–water partition coefficient (Wildman–Crippen LogP) is 0.924. The molecule has 2 aromatic heterocycles. The smallest absolute Gasteiger partial charge is 0.302 e. The Morgan fingerprint density at radius 2 is 2.15 bits per heavy atom. The van der Waals surface area contributed by atoms with Gasteiger partial charge in [-0.3, -0.25) is 14.2 Å². The molecule has 3 rings (SSSR count). The second-order valence-corrected chi connectivity index (χ2v) is 7.16. The molecule has 2 aromatic rings. The fourth-order valence-corrected chi connectivity index (χ4v) is 3.78. The number of hydrogen-bond donors (Lipinski definition) is 1. The summed E-state index contributed by atoms with van der Waals surface area (Å²) >= 11 is 1.56. The van der Waals surface area contributed by atoms with Crippen LogP contribution in [0.1, 0.15) is 26.5 Å². The van der Waals surface area contributed by atoms with E-state index in [1.165, 1.54) is 20.2 Å². The second kappa shape index (κ2) is 8.53. The molecule has 3 heterocycles. The van der Waals surface area contributed by atoms with E-state index in [1.807, 2.05) is 0 Å². The molecule has 11 heteroatoms. The summed E-state index contributed by atoms with van der Waals surface area (Å²) in [5.74, 6) is 0.861. The first-order valence-electron chi connectivity index (χ1n) is 8.42. The van der Waals surface area contributed by atoms with E-state index in [0.717, 1.165) is 0 Å². The number of hydrogen-bond acceptors (Lipinski definition) is 10. The number of aromatic nitrogens is 4. The van der Waals surface area contributed by atoms with Crippen molar-refractivity contribution in [3.8, 4) is 0 Å². The Balaban J connectivity index is 1.67. The van der Waals surface area contributed by atoms with E-state index >= 15 is 0 Å². The van der Waals surface area contributed by atoms with Crippen LogP contribution in [0.25, 0.3) is 11.2 Å². The molecule has 0 unspecified atom stereocenters. The van der Waals surface area contributed by atoms with Crippen LogP contribution in [-0.4, -0.2) is 61.8 Å². The molecule has 3 atom stereocenters. The highest BCUT2D eigenvalue weighted by Gasteiger charge is 2.39. The monoisotopic (exact) mass is 395 g/mol. The molecule has 27 heavy (non-hydrogen) atoms. The normalized spacial score (nSPS) is 22.1. The van der Waals surface area contributed by atoms with E-state index in [4.69, 9.17) is 19.9 Å². The number of nitrogen functional groups attached to an aromatic ring is 1. The minimum atomic E-state index is -0.384. The third kappa shape index (κ3) is 4.66. The number of nitrogens with two attached hydrogens (primary N) is 1. The first kappa shape index (κ1) is 19.4. The van der Waals surface area contributed by atoms with Gasteiger partial charge in [-0.2, -0.15) is 11.8 Å². The lowest BCUT2D eigenvalue weighted by Crippen LogP contribution is -2.28. The van der Waals surface area contributed by atoms with Crippen molar-refractivity contribution in [2.75, 3.05) is 23.8 Å². The standard InChI is InChI=1S/C16H21N5O5S/c1-9(22)24-3-4-27-6-12-11(25-10(2)23)5-13(26-12)21-8-20-14-15(17)18-7-19-16(14)21/h7-8,11-13H,3-6H2,1-2H3,(H2,17,18,19)/t11-,12+,13+/m0/s1. The van der Waals surface area contributed by atoms with Gasteiger partial charge in [0.05, 0.1) is 6.33 Å². The molecule has 2 N–H and O–H groups in total. The van der Waals surface area contributed by atoms with Crippen molar-refractivity contribution in [1.82, 2.24) is 19.5 Å². The van der Waals surface area contributed by atoms with Crippen LogP contribution in [-0.2, 0) is 23.8 Å². The topological polar surface area (TPSA) is 131 Å². The van der Waals surface area contributed by atoms with Crippen LogP contribution in [0.4, 0.5) is 5.82 Å². The zero-order valence-corrected chi connectivity index (χ0v) is 15.8. The van der Waals surface area contributed by atoms with Crippen molar-refractivity contribution >= 4 is 40.7 Å². The van der Waals surface area contributed by atoms with Crippen molar-refractivity contribution in [3.63, 3.8) is 0 Å². The molecule has 1 aliphatic heterocycles. The molecule has 0 amide bonds. The molecule has 0 spiro atoms. The summed E-state index contributed by atoms with van der Waals surface area (Å²) < 4.78 is 18.2. The number of carbonyl (C=O) groups excluding carboxylic acids is 2. The molecule has 0 bridgehead atoms. The van der Waals surface area contributed by atoms with Crippen LogP contribution < -0.4 is 5.73 Å². The number of fused-ring (bicyclic) bond motifs is 1. The SMILES string of the molecule is CC(=O)OCCSC[C@H]1O[C@@H](n2cnc3c(N)ncnc32)C[C@@H]1OC(C)=O. The Kier molecular flexibility index (Phi) is 6.11. The third-order valence-corrected chi connectivity index (χ3v) is 5.03. The van der Waals surface area contributed by atoms with E-state index < -0.39 is 0 Å². The highest BCUT2D eigenvalue weighted by Crippen LogP contribution is 2.34. The summed E-state index contributed by atoms with van der Waals surface area (Å²) in [6.07, 6.45) is 2.39. The third-order valence-electron chi connectivity index (χ3n) is 4.01. The Morgan fingerprint density at radius 3 is 2.89 bits per heavy atom. The highest BCUT2D eigenvalue weighted by molar-refractivity contribution is 7.99. The van der Waals surface area contributed by atoms with Gasteiger partial charge in [-0.1, -0.05) is 0 Å². The van der Waals surface area contributed by atoms with Crippen LogP contribution in [0.2, 0.25) is 0 Å². The van der Waals surface area contributed by atoms with E-state index in [0.29, 0.717) is 41.5 Å². The van der Waals surface area contributed by atoms with Crippen molar-refractivity contribution in [2.24, 2.45) is 0 Å². The van der Waals surface area contributed by atoms with E-state index in [1.54, 1.807) is 22.7 Å². The van der Waals surface area contributed by atoms with Crippen LogP contribution >= 0.6 is 11.8 Å². The summed E-state index contributed by atoms with van der Waals surface area (Å²) in [4.78, 5) is 34.7. The second-order valence-electron chi connectivity index (χ2n) is 6.01. The van der Waals surface area contributed by atoms with Crippen LogP contribution in [0.3, 0.4) is 0 Å².